The van der Waals surface area contributed by atoms with Crippen LogP contribution in [0.4, 0.5) is 0 Å². The van der Waals surface area contributed by atoms with Gasteiger partial charge in [-0.3, -0.25) is 0 Å². The molecule has 1 aromatic heterocycles. The first-order chi connectivity index (χ1) is 8.28. The zero-order valence-electron chi connectivity index (χ0n) is 9.07. The van der Waals surface area contributed by atoms with E-state index in [9.17, 15) is 0 Å². The van der Waals surface area contributed by atoms with Crippen LogP contribution in [0.2, 0.25) is 0 Å². The maximum Gasteiger partial charge on any atom is 0.129 e. The molecule has 1 aliphatic heterocycles. The van der Waals surface area contributed by atoms with E-state index in [1.807, 2.05) is 18.2 Å². The van der Waals surface area contributed by atoms with E-state index in [-0.39, 0.29) is 0 Å². The van der Waals surface area contributed by atoms with Crippen LogP contribution < -0.4 is 10.5 Å². The van der Waals surface area contributed by atoms with E-state index in [0.29, 0.717) is 13.2 Å². The second kappa shape index (κ2) is 4.40. The van der Waals surface area contributed by atoms with Crippen molar-refractivity contribution in [2.24, 2.45) is 5.73 Å². The zero-order chi connectivity index (χ0) is 11.8. The lowest BCUT2D eigenvalue weighted by atomic mass is 10.1. The number of fused-ring (bicyclic) bond motifs is 3. The first-order valence-corrected chi connectivity index (χ1v) is 7.00. The number of halogens is 1. The molecule has 0 bridgehead atoms. The van der Waals surface area contributed by atoms with Crippen molar-refractivity contribution in [3.8, 4) is 17.0 Å². The van der Waals surface area contributed by atoms with E-state index in [2.05, 4.69) is 20.9 Å². The predicted octanol–water partition coefficient (Wildman–Crippen LogP) is 2.97. The monoisotopic (exact) mass is 310 g/mol. The molecule has 0 saturated carbocycles. The van der Waals surface area contributed by atoms with Crippen molar-refractivity contribution in [2.45, 2.75) is 13.0 Å². The zero-order valence-corrected chi connectivity index (χ0v) is 11.5. The van der Waals surface area contributed by atoms with Gasteiger partial charge in [0.25, 0.3) is 0 Å². The van der Waals surface area contributed by atoms with Gasteiger partial charge in [-0.25, -0.2) is 4.98 Å². The van der Waals surface area contributed by atoms with Crippen molar-refractivity contribution in [1.29, 1.82) is 0 Å². The van der Waals surface area contributed by atoms with Crippen molar-refractivity contribution in [3.05, 3.63) is 32.6 Å². The van der Waals surface area contributed by atoms with Gasteiger partial charge in [0.15, 0.2) is 0 Å². The first kappa shape index (κ1) is 11.2. The number of hydrogen-bond acceptors (Lipinski definition) is 4. The second-order valence-corrected chi connectivity index (χ2v) is 5.91. The Morgan fingerprint density at radius 1 is 1.47 bits per heavy atom. The van der Waals surface area contributed by atoms with Crippen LogP contribution in [0.5, 0.6) is 5.75 Å². The summed E-state index contributed by atoms with van der Waals surface area (Å²) in [7, 11) is 0. The van der Waals surface area contributed by atoms with Gasteiger partial charge in [0.05, 0.1) is 12.3 Å². The molecule has 0 aliphatic carbocycles. The summed E-state index contributed by atoms with van der Waals surface area (Å²) in [6.07, 6.45) is 0.902. The molecule has 2 heterocycles. The number of thiazole rings is 1. The van der Waals surface area contributed by atoms with E-state index >= 15 is 0 Å². The van der Waals surface area contributed by atoms with Gasteiger partial charge in [0.1, 0.15) is 10.8 Å². The average Bonchev–Trinajstić information content (AvgIpc) is 2.66. The van der Waals surface area contributed by atoms with Crippen LogP contribution in [0.25, 0.3) is 11.3 Å². The number of rotatable bonds is 1. The van der Waals surface area contributed by atoms with Crippen LogP contribution in [-0.2, 0) is 13.0 Å². The van der Waals surface area contributed by atoms with Crippen LogP contribution in [0.15, 0.2) is 22.7 Å². The Hall–Kier alpha value is -0.910. The predicted molar refractivity (Wildman–Crippen MR) is 72.3 cm³/mol. The van der Waals surface area contributed by atoms with Crippen molar-refractivity contribution in [3.63, 3.8) is 0 Å². The molecule has 3 nitrogen and oxygen atoms in total. The molecule has 0 radical (unpaired) electrons. The molecule has 1 aromatic carbocycles. The normalized spacial score (nSPS) is 13.5. The number of nitrogens with zero attached hydrogens (tertiary/aromatic N) is 1. The minimum atomic E-state index is 0.504. The van der Waals surface area contributed by atoms with Gasteiger partial charge in [0, 0.05) is 27.9 Å². The topological polar surface area (TPSA) is 48.1 Å². The summed E-state index contributed by atoms with van der Waals surface area (Å²) in [5.74, 6) is 0.895. The molecule has 0 amide bonds. The highest BCUT2D eigenvalue weighted by atomic mass is 79.9. The maximum atomic E-state index is 5.75. The van der Waals surface area contributed by atoms with Gasteiger partial charge in [-0.15, -0.1) is 11.3 Å². The average molecular weight is 311 g/mol. The molecule has 0 atom stereocenters. The largest absolute Gasteiger partial charge is 0.492 e. The molecule has 2 aromatic rings. The Morgan fingerprint density at radius 2 is 2.35 bits per heavy atom. The van der Waals surface area contributed by atoms with Gasteiger partial charge in [-0.1, -0.05) is 15.9 Å². The lowest BCUT2D eigenvalue weighted by Crippen LogP contribution is -1.98. The van der Waals surface area contributed by atoms with Crippen molar-refractivity contribution in [2.75, 3.05) is 6.61 Å². The van der Waals surface area contributed by atoms with Gasteiger partial charge >= 0.3 is 0 Å². The van der Waals surface area contributed by atoms with Crippen LogP contribution in [0.1, 0.15) is 9.88 Å². The molecule has 0 saturated heterocycles. The molecular formula is C12H11BrN2OS. The second-order valence-electron chi connectivity index (χ2n) is 3.82. The highest BCUT2D eigenvalue weighted by molar-refractivity contribution is 9.10. The number of nitrogens with two attached hydrogens (primary N) is 1. The summed E-state index contributed by atoms with van der Waals surface area (Å²) < 4.78 is 6.77. The summed E-state index contributed by atoms with van der Waals surface area (Å²) >= 11 is 5.15. The molecule has 3 rings (SSSR count). The summed E-state index contributed by atoms with van der Waals surface area (Å²) in [6.45, 7) is 1.20. The highest BCUT2D eigenvalue weighted by Crippen LogP contribution is 2.38. The summed E-state index contributed by atoms with van der Waals surface area (Å²) in [4.78, 5) is 5.87. The summed E-state index contributed by atoms with van der Waals surface area (Å²) in [5, 5.41) is 0.991. The lowest BCUT2D eigenvalue weighted by Gasteiger charge is -2.06. The van der Waals surface area contributed by atoms with Gasteiger partial charge < -0.3 is 10.5 Å². The van der Waals surface area contributed by atoms with E-state index in [1.54, 1.807) is 11.3 Å². The fourth-order valence-corrected chi connectivity index (χ4v) is 3.21. The van der Waals surface area contributed by atoms with E-state index in [1.165, 1.54) is 4.88 Å². The molecular weight excluding hydrogens is 300 g/mol. The summed E-state index contributed by atoms with van der Waals surface area (Å²) in [6, 6.07) is 6.05. The Labute approximate surface area is 112 Å². The third-order valence-electron chi connectivity index (χ3n) is 2.70. The van der Waals surface area contributed by atoms with Crippen LogP contribution >= 0.6 is 27.3 Å². The van der Waals surface area contributed by atoms with E-state index in [0.717, 1.165) is 32.9 Å². The number of benzene rings is 1. The number of hydrogen-bond donors (Lipinski definition) is 1. The smallest absolute Gasteiger partial charge is 0.129 e. The third kappa shape index (κ3) is 1.99. The van der Waals surface area contributed by atoms with Crippen molar-refractivity contribution in [1.82, 2.24) is 4.98 Å². The SMILES string of the molecule is NCc1nc2c(s1)CCOc1cc(Br)ccc1-2. The molecule has 88 valence electrons. The Morgan fingerprint density at radius 3 is 3.18 bits per heavy atom. The van der Waals surface area contributed by atoms with E-state index < -0.39 is 0 Å². The molecule has 1 aliphatic rings. The fraction of sp³-hybridized carbons (Fsp3) is 0.250. The van der Waals surface area contributed by atoms with Gasteiger partial charge in [-0.2, -0.15) is 0 Å². The van der Waals surface area contributed by atoms with Crippen molar-refractivity contribution < 1.29 is 4.74 Å². The highest BCUT2D eigenvalue weighted by Gasteiger charge is 2.19. The molecule has 17 heavy (non-hydrogen) atoms. The third-order valence-corrected chi connectivity index (χ3v) is 4.33. The molecule has 2 N–H and O–H groups in total. The Balaban J connectivity index is 2.19. The number of aromatic nitrogens is 1. The standard InChI is InChI=1S/C12H11BrN2OS/c13-7-1-2-8-9(5-7)16-4-3-10-12(8)15-11(6-14)17-10/h1-2,5H,3-4,6,14H2. The number of ether oxygens (including phenoxy) is 1. The van der Waals surface area contributed by atoms with Gasteiger partial charge in [-0.05, 0) is 18.2 Å². The lowest BCUT2D eigenvalue weighted by molar-refractivity contribution is 0.327. The Bertz CT molecular complexity index is 568. The molecule has 0 spiro atoms. The van der Waals surface area contributed by atoms with Crippen LogP contribution in [0, 0.1) is 0 Å². The van der Waals surface area contributed by atoms with Crippen LogP contribution in [-0.4, -0.2) is 11.6 Å². The minimum Gasteiger partial charge on any atom is -0.492 e. The summed E-state index contributed by atoms with van der Waals surface area (Å²) in [5.41, 5.74) is 7.76. The maximum absolute atomic E-state index is 5.75. The minimum absolute atomic E-state index is 0.504. The molecule has 5 heteroatoms. The van der Waals surface area contributed by atoms with Gasteiger partial charge in [0.2, 0.25) is 0 Å². The quantitative estimate of drug-likeness (QED) is 0.881. The first-order valence-electron chi connectivity index (χ1n) is 5.39. The van der Waals surface area contributed by atoms with Crippen LogP contribution in [0.3, 0.4) is 0 Å². The van der Waals surface area contributed by atoms with Crippen molar-refractivity contribution >= 4 is 27.3 Å². The molecule has 0 fully saturated rings. The molecule has 0 unspecified atom stereocenters. The fourth-order valence-electron chi connectivity index (χ4n) is 1.93. The Kier molecular flexibility index (Phi) is 2.90. The van der Waals surface area contributed by atoms with E-state index in [4.69, 9.17) is 10.5 Å².